The second kappa shape index (κ2) is 5.34. The van der Waals surface area contributed by atoms with Gasteiger partial charge in [0.05, 0.1) is 17.5 Å². The smallest absolute Gasteiger partial charge is 0.411 e. The van der Waals surface area contributed by atoms with Crippen molar-refractivity contribution < 1.29 is 18.4 Å². The number of oxime groups is 1. The average Bonchev–Trinajstić information content (AvgIpc) is 2.69. The molecule has 0 aliphatic heterocycles. The van der Waals surface area contributed by atoms with Crippen molar-refractivity contribution in [3.8, 4) is 5.69 Å². The van der Waals surface area contributed by atoms with Crippen LogP contribution in [0.15, 0.2) is 29.4 Å². The van der Waals surface area contributed by atoms with E-state index in [1.807, 2.05) is 0 Å². The van der Waals surface area contributed by atoms with E-state index in [9.17, 15) is 13.2 Å². The van der Waals surface area contributed by atoms with Crippen LogP contribution in [0, 0.1) is 0 Å². The number of hydrogen-bond acceptors (Lipinski definition) is 3. The van der Waals surface area contributed by atoms with Gasteiger partial charge in [0.2, 0.25) is 0 Å². The molecule has 0 atom stereocenters. The van der Waals surface area contributed by atoms with E-state index in [1.54, 1.807) is 0 Å². The molecule has 1 aromatic heterocycles. The van der Waals surface area contributed by atoms with E-state index < -0.39 is 17.4 Å². The van der Waals surface area contributed by atoms with Crippen molar-refractivity contribution in [2.75, 3.05) is 0 Å². The molecule has 2 aromatic rings. The molecule has 4 nitrogen and oxygen atoms in total. The highest BCUT2D eigenvalue weighted by Gasteiger charge is 2.38. The molecule has 0 aliphatic carbocycles. The first-order valence-electron chi connectivity index (χ1n) is 5.13. The Kier molecular flexibility index (Phi) is 3.92. The Morgan fingerprint density at radius 2 is 1.80 bits per heavy atom. The van der Waals surface area contributed by atoms with Gasteiger partial charge in [0, 0.05) is 5.02 Å². The summed E-state index contributed by atoms with van der Waals surface area (Å²) in [5, 5.41) is 14.5. The predicted molar refractivity (Wildman–Crippen MR) is 68.0 cm³/mol. The molecule has 1 heterocycles. The monoisotopic (exact) mass is 323 g/mol. The van der Waals surface area contributed by atoms with Gasteiger partial charge in [-0.05, 0) is 24.3 Å². The molecule has 0 saturated heterocycles. The van der Waals surface area contributed by atoms with E-state index in [-0.39, 0.29) is 5.15 Å². The number of benzene rings is 1. The summed E-state index contributed by atoms with van der Waals surface area (Å²) in [6.07, 6.45) is -4.14. The second-order valence-corrected chi connectivity index (χ2v) is 4.48. The highest BCUT2D eigenvalue weighted by Crippen LogP contribution is 2.34. The van der Waals surface area contributed by atoms with Crippen LogP contribution in [-0.2, 0) is 6.18 Å². The molecule has 0 radical (unpaired) electrons. The average molecular weight is 324 g/mol. The first-order valence-corrected chi connectivity index (χ1v) is 5.89. The minimum atomic E-state index is -4.72. The third kappa shape index (κ3) is 2.73. The summed E-state index contributed by atoms with van der Waals surface area (Å²) in [5.41, 5.74) is -1.46. The fraction of sp³-hybridized carbons (Fsp3) is 0.0909. The van der Waals surface area contributed by atoms with E-state index in [2.05, 4.69) is 10.3 Å². The molecule has 0 fully saturated rings. The lowest BCUT2D eigenvalue weighted by atomic mass is 10.2. The third-order valence-corrected chi connectivity index (χ3v) is 3.01. The maximum atomic E-state index is 12.8. The maximum Gasteiger partial charge on any atom is 0.435 e. The van der Waals surface area contributed by atoms with Crippen molar-refractivity contribution >= 4 is 29.4 Å². The SMILES string of the molecule is O/N=C/c1c(C(F)(F)F)nn(-c2ccc(Cl)cc2)c1Cl. The first-order chi connectivity index (χ1) is 9.34. The van der Waals surface area contributed by atoms with E-state index in [0.29, 0.717) is 16.9 Å². The summed E-state index contributed by atoms with van der Waals surface area (Å²) in [5.74, 6) is 0. The van der Waals surface area contributed by atoms with Gasteiger partial charge in [0.15, 0.2) is 5.69 Å². The molecule has 0 amide bonds. The summed E-state index contributed by atoms with van der Waals surface area (Å²) >= 11 is 11.6. The van der Waals surface area contributed by atoms with Gasteiger partial charge in [0.1, 0.15) is 5.15 Å². The lowest BCUT2D eigenvalue weighted by Gasteiger charge is -2.03. The van der Waals surface area contributed by atoms with Gasteiger partial charge in [-0.1, -0.05) is 28.4 Å². The number of rotatable bonds is 2. The molecular formula is C11H6Cl2F3N3O. The largest absolute Gasteiger partial charge is 0.435 e. The van der Waals surface area contributed by atoms with Crippen molar-refractivity contribution in [1.82, 2.24) is 9.78 Å². The van der Waals surface area contributed by atoms with Gasteiger partial charge in [-0.25, -0.2) is 4.68 Å². The zero-order valence-corrected chi connectivity index (χ0v) is 11.1. The van der Waals surface area contributed by atoms with Crippen LogP contribution in [0.1, 0.15) is 11.3 Å². The van der Waals surface area contributed by atoms with Gasteiger partial charge >= 0.3 is 6.18 Å². The highest BCUT2D eigenvalue weighted by atomic mass is 35.5. The van der Waals surface area contributed by atoms with Crippen molar-refractivity contribution in [2.45, 2.75) is 6.18 Å². The Labute approximate surface area is 121 Å². The molecular weight excluding hydrogens is 318 g/mol. The molecule has 0 saturated carbocycles. The molecule has 106 valence electrons. The molecule has 1 aromatic carbocycles. The van der Waals surface area contributed by atoms with Gasteiger partial charge in [-0.3, -0.25) is 0 Å². The van der Waals surface area contributed by atoms with Crippen LogP contribution in [0.25, 0.3) is 5.69 Å². The van der Waals surface area contributed by atoms with Gasteiger partial charge < -0.3 is 5.21 Å². The zero-order valence-electron chi connectivity index (χ0n) is 9.57. The topological polar surface area (TPSA) is 50.4 Å². The van der Waals surface area contributed by atoms with E-state index >= 15 is 0 Å². The van der Waals surface area contributed by atoms with Crippen LogP contribution in [0.2, 0.25) is 10.2 Å². The molecule has 0 unspecified atom stereocenters. The summed E-state index contributed by atoms with van der Waals surface area (Å²) in [6, 6.07) is 5.90. The van der Waals surface area contributed by atoms with Crippen LogP contribution in [0.3, 0.4) is 0 Å². The Bertz CT molecular complexity index is 650. The first kappa shape index (κ1) is 14.7. The molecule has 20 heavy (non-hydrogen) atoms. The number of halogens is 5. The van der Waals surface area contributed by atoms with Gasteiger partial charge in [-0.15, -0.1) is 0 Å². The molecule has 2 rings (SSSR count). The van der Waals surface area contributed by atoms with Crippen LogP contribution >= 0.6 is 23.2 Å². The third-order valence-electron chi connectivity index (χ3n) is 2.39. The highest BCUT2D eigenvalue weighted by molar-refractivity contribution is 6.32. The zero-order chi connectivity index (χ0) is 14.9. The maximum absolute atomic E-state index is 12.8. The second-order valence-electron chi connectivity index (χ2n) is 3.68. The van der Waals surface area contributed by atoms with Crippen molar-refractivity contribution in [2.24, 2.45) is 5.16 Å². The Hall–Kier alpha value is -1.73. The molecule has 0 bridgehead atoms. The van der Waals surface area contributed by atoms with Crippen molar-refractivity contribution in [3.05, 3.63) is 45.7 Å². The molecule has 1 N–H and O–H groups in total. The Balaban J connectivity index is 2.64. The van der Waals surface area contributed by atoms with E-state index in [1.165, 1.54) is 24.3 Å². The standard InChI is InChI=1S/C11H6Cl2F3N3O/c12-6-1-3-7(4-2-6)19-10(13)8(5-17-20)9(18-19)11(14,15)16/h1-5,20H/b17-5+. The molecule has 0 spiro atoms. The summed E-state index contributed by atoms with van der Waals surface area (Å²) < 4.78 is 39.4. The van der Waals surface area contributed by atoms with Crippen LogP contribution in [0.5, 0.6) is 0 Å². The summed E-state index contributed by atoms with van der Waals surface area (Å²) in [6.45, 7) is 0. The molecule has 9 heteroatoms. The lowest BCUT2D eigenvalue weighted by Crippen LogP contribution is -2.09. The van der Waals surface area contributed by atoms with Gasteiger partial charge in [-0.2, -0.15) is 18.3 Å². The number of hydrogen-bond donors (Lipinski definition) is 1. The summed E-state index contributed by atoms with van der Waals surface area (Å²) in [4.78, 5) is 0. The van der Waals surface area contributed by atoms with Crippen molar-refractivity contribution in [1.29, 1.82) is 0 Å². The van der Waals surface area contributed by atoms with E-state index in [4.69, 9.17) is 28.4 Å². The van der Waals surface area contributed by atoms with Crippen LogP contribution in [-0.4, -0.2) is 21.2 Å². The minimum absolute atomic E-state index is 0.294. The lowest BCUT2D eigenvalue weighted by molar-refractivity contribution is -0.141. The summed E-state index contributed by atoms with van der Waals surface area (Å²) in [7, 11) is 0. The normalized spacial score (nSPS) is 12.2. The Morgan fingerprint density at radius 3 is 2.30 bits per heavy atom. The number of alkyl halides is 3. The minimum Gasteiger partial charge on any atom is -0.411 e. The molecule has 0 aliphatic rings. The van der Waals surface area contributed by atoms with Crippen molar-refractivity contribution in [3.63, 3.8) is 0 Å². The fourth-order valence-corrected chi connectivity index (χ4v) is 1.94. The number of nitrogens with zero attached hydrogens (tertiary/aromatic N) is 3. The number of aromatic nitrogens is 2. The van der Waals surface area contributed by atoms with Gasteiger partial charge in [0.25, 0.3) is 0 Å². The fourth-order valence-electron chi connectivity index (χ4n) is 1.54. The Morgan fingerprint density at radius 1 is 1.20 bits per heavy atom. The predicted octanol–water partition coefficient (Wildman–Crippen LogP) is 4.01. The van der Waals surface area contributed by atoms with Crippen LogP contribution in [0.4, 0.5) is 13.2 Å². The van der Waals surface area contributed by atoms with E-state index in [0.717, 1.165) is 4.68 Å². The quantitative estimate of drug-likeness (QED) is 0.516. The van der Waals surface area contributed by atoms with Crippen LogP contribution < -0.4 is 0 Å².